The van der Waals surface area contributed by atoms with E-state index < -0.39 is 91.4 Å². The topological polar surface area (TPSA) is 297 Å². The lowest BCUT2D eigenvalue weighted by Gasteiger charge is -2.19. The number of benzene rings is 1. The van der Waals surface area contributed by atoms with E-state index in [-0.39, 0.29) is 42.8 Å². The van der Waals surface area contributed by atoms with Gasteiger partial charge < -0.3 is 41.6 Å². The van der Waals surface area contributed by atoms with Gasteiger partial charge in [-0.25, -0.2) is 9.59 Å². The summed E-state index contributed by atoms with van der Waals surface area (Å²) in [7, 11) is 0. The van der Waals surface area contributed by atoms with Crippen LogP contribution in [0.4, 0.5) is 0 Å². The zero-order chi connectivity index (χ0) is 39.8. The number of amides is 7. The van der Waals surface area contributed by atoms with Crippen molar-refractivity contribution in [2.45, 2.75) is 64.0 Å². The van der Waals surface area contributed by atoms with Crippen molar-refractivity contribution in [1.82, 2.24) is 36.6 Å². The third-order valence-electron chi connectivity index (χ3n) is 7.65. The third kappa shape index (κ3) is 13.4. The molecule has 1 aliphatic rings. The summed E-state index contributed by atoms with van der Waals surface area (Å²) in [6, 6.07) is 3.85. The molecule has 2 atom stereocenters. The Kier molecular flexibility index (Phi) is 15.7. The van der Waals surface area contributed by atoms with Crippen LogP contribution < -0.4 is 26.6 Å². The van der Waals surface area contributed by atoms with Gasteiger partial charge in [-0.3, -0.25) is 43.3 Å². The van der Waals surface area contributed by atoms with E-state index in [1.807, 2.05) is 0 Å². The van der Waals surface area contributed by atoms with Crippen molar-refractivity contribution in [3.63, 3.8) is 0 Å². The smallest absolute Gasteiger partial charge is 0.363 e. The predicted octanol–water partition coefficient (Wildman–Crippen LogP) is -1.02. The number of nitrogens with one attached hydrogen (secondary N) is 5. The van der Waals surface area contributed by atoms with E-state index in [2.05, 4.69) is 31.6 Å². The van der Waals surface area contributed by atoms with Crippen LogP contribution in [0.5, 0.6) is 0 Å². The molecule has 2 aromatic rings. The first-order valence-electron chi connectivity index (χ1n) is 16.6. The summed E-state index contributed by atoms with van der Waals surface area (Å²) >= 11 is 0. The van der Waals surface area contributed by atoms with Gasteiger partial charge in [0.2, 0.25) is 17.7 Å². The second-order valence-electron chi connectivity index (χ2n) is 12.0. The maximum atomic E-state index is 12.8. The van der Waals surface area contributed by atoms with Gasteiger partial charge in [0, 0.05) is 43.8 Å². The maximum absolute atomic E-state index is 12.8. The molecule has 0 bridgehead atoms. The van der Waals surface area contributed by atoms with Crippen molar-refractivity contribution in [1.29, 1.82) is 0 Å². The highest BCUT2D eigenvalue weighted by atomic mass is 16.7. The van der Waals surface area contributed by atoms with Gasteiger partial charge >= 0.3 is 17.9 Å². The third-order valence-corrected chi connectivity index (χ3v) is 7.65. The molecular formula is C34H39N7O13. The summed E-state index contributed by atoms with van der Waals surface area (Å²) in [5.41, 5.74) is 0.902. The number of hydroxylamine groups is 2. The van der Waals surface area contributed by atoms with Gasteiger partial charge in [0.25, 0.3) is 23.6 Å². The molecule has 1 aromatic heterocycles. The molecule has 288 valence electrons. The minimum absolute atomic E-state index is 0.00883. The molecule has 0 radical (unpaired) electrons. The van der Waals surface area contributed by atoms with Crippen LogP contribution in [0.25, 0.3) is 0 Å². The molecule has 7 N–H and O–H groups in total. The summed E-state index contributed by atoms with van der Waals surface area (Å²) in [6.07, 6.45) is 2.56. The maximum Gasteiger partial charge on any atom is 0.363 e. The predicted molar refractivity (Wildman–Crippen MR) is 182 cm³/mol. The van der Waals surface area contributed by atoms with E-state index in [0.717, 1.165) is 11.6 Å². The number of aliphatic carboxylic acids is 2. The number of aromatic nitrogens is 1. The average Bonchev–Trinajstić information content (AvgIpc) is 3.45. The first-order valence-corrected chi connectivity index (χ1v) is 16.6. The van der Waals surface area contributed by atoms with E-state index in [1.165, 1.54) is 24.4 Å². The second-order valence-corrected chi connectivity index (χ2v) is 12.0. The second kappa shape index (κ2) is 20.3. The van der Waals surface area contributed by atoms with E-state index in [4.69, 9.17) is 9.94 Å². The number of aryl methyl sites for hydroxylation is 1. The molecule has 20 heteroatoms. The fourth-order valence-electron chi connectivity index (χ4n) is 4.88. The summed E-state index contributed by atoms with van der Waals surface area (Å²) in [4.78, 5) is 130. The molecule has 7 amide bonds. The number of carbonyl (C=O) groups is 10. The standard InChI is InChI=1S/C34H39N7O13/c1-19-13-22(16-35-15-19)31(49)36-12-3-2-7-24(33(51)52)40-26(43)18-38-32(50)23(8-11-29(46)47)39-25(42)17-37-30(48)20-5-4-6-21(14-20)34(53)54-41-27(44)9-10-28(41)45/h4-6,13-16,23-24H,2-3,7-12,17-18H2,1H3,(H,36,49)(H,37,48)(H,38,50)(H,39,42)(H,40,43)(H,46,47)(H,51,52)/t23-,24?/m1/s1. The van der Waals surface area contributed by atoms with Crippen molar-refractivity contribution in [3.8, 4) is 0 Å². The molecule has 20 nitrogen and oxygen atoms in total. The van der Waals surface area contributed by atoms with E-state index in [1.54, 1.807) is 19.2 Å². The number of carbonyl (C=O) groups excluding carboxylic acids is 8. The van der Waals surface area contributed by atoms with Gasteiger partial charge in [0.15, 0.2) is 0 Å². The lowest BCUT2D eigenvalue weighted by Crippen LogP contribution is -2.52. The Morgan fingerprint density at radius 3 is 2.06 bits per heavy atom. The first kappa shape index (κ1) is 41.7. The molecule has 1 unspecified atom stereocenters. The lowest BCUT2D eigenvalue weighted by molar-refractivity contribution is -0.172. The number of carboxylic acids is 2. The summed E-state index contributed by atoms with van der Waals surface area (Å²) in [6.45, 7) is 0.624. The Hall–Kier alpha value is -6.73. The van der Waals surface area contributed by atoms with Gasteiger partial charge in [-0.2, -0.15) is 0 Å². The number of hydrogen-bond donors (Lipinski definition) is 7. The van der Waals surface area contributed by atoms with Crippen LogP contribution in [0.1, 0.15) is 81.6 Å². The van der Waals surface area contributed by atoms with Gasteiger partial charge in [0.1, 0.15) is 12.1 Å². The largest absolute Gasteiger partial charge is 0.481 e. The summed E-state index contributed by atoms with van der Waals surface area (Å²) in [5, 5.41) is 30.7. The minimum Gasteiger partial charge on any atom is -0.481 e. The fraction of sp³-hybridized carbons (Fsp3) is 0.382. The van der Waals surface area contributed by atoms with Crippen molar-refractivity contribution < 1.29 is 63.0 Å². The SMILES string of the molecule is Cc1cncc(C(=O)NCCCCC(NC(=O)CNC(=O)[C@@H](CCC(=O)O)NC(=O)CNC(=O)c2cccc(C(=O)ON3C(=O)CCC3=O)c2)C(=O)O)c1. The molecule has 0 saturated carbocycles. The molecular weight excluding hydrogens is 714 g/mol. The van der Waals surface area contributed by atoms with Crippen molar-refractivity contribution >= 4 is 59.3 Å². The Morgan fingerprint density at radius 1 is 0.778 bits per heavy atom. The highest BCUT2D eigenvalue weighted by Crippen LogP contribution is 2.15. The summed E-state index contributed by atoms with van der Waals surface area (Å²) < 4.78 is 0. The van der Waals surface area contributed by atoms with Crippen molar-refractivity contribution in [2.24, 2.45) is 0 Å². The fourth-order valence-corrected chi connectivity index (χ4v) is 4.88. The average molecular weight is 754 g/mol. The molecule has 54 heavy (non-hydrogen) atoms. The highest BCUT2D eigenvalue weighted by Gasteiger charge is 2.33. The monoisotopic (exact) mass is 753 g/mol. The Labute approximate surface area is 307 Å². The van der Waals surface area contributed by atoms with Crippen LogP contribution in [0.15, 0.2) is 42.7 Å². The normalized spacial score (nSPS) is 13.2. The number of hydrogen-bond acceptors (Lipinski definition) is 12. The molecule has 0 spiro atoms. The number of rotatable bonds is 20. The van der Waals surface area contributed by atoms with Crippen LogP contribution in [0.2, 0.25) is 0 Å². The van der Waals surface area contributed by atoms with Crippen LogP contribution in [-0.4, -0.2) is 111 Å². The zero-order valence-electron chi connectivity index (χ0n) is 29.0. The number of imide groups is 1. The molecule has 3 rings (SSSR count). The molecule has 0 aliphatic carbocycles. The highest BCUT2D eigenvalue weighted by molar-refractivity contribution is 6.04. The minimum atomic E-state index is -1.46. The lowest BCUT2D eigenvalue weighted by atomic mass is 10.1. The van der Waals surface area contributed by atoms with Crippen LogP contribution in [-0.2, 0) is 38.4 Å². The Morgan fingerprint density at radius 2 is 1.41 bits per heavy atom. The Bertz CT molecular complexity index is 1780. The quantitative estimate of drug-likeness (QED) is 0.0629. The Balaban J connectivity index is 1.45. The molecule has 1 aromatic carbocycles. The van der Waals surface area contributed by atoms with Crippen LogP contribution >= 0.6 is 0 Å². The van der Waals surface area contributed by atoms with Crippen molar-refractivity contribution in [2.75, 3.05) is 19.6 Å². The van der Waals surface area contributed by atoms with Gasteiger partial charge in [-0.05, 0) is 62.4 Å². The van der Waals surface area contributed by atoms with Crippen molar-refractivity contribution in [3.05, 3.63) is 65.0 Å². The number of nitrogens with zero attached hydrogens (tertiary/aromatic N) is 2. The zero-order valence-corrected chi connectivity index (χ0v) is 29.0. The van der Waals surface area contributed by atoms with E-state index in [9.17, 15) is 53.1 Å². The molecule has 1 fully saturated rings. The number of pyridine rings is 1. The van der Waals surface area contributed by atoms with E-state index >= 15 is 0 Å². The molecule has 1 aliphatic heterocycles. The van der Waals surface area contributed by atoms with Crippen LogP contribution in [0.3, 0.4) is 0 Å². The van der Waals surface area contributed by atoms with Gasteiger partial charge in [-0.1, -0.05) is 6.07 Å². The number of unbranched alkanes of at least 4 members (excludes halogenated alkanes) is 1. The summed E-state index contributed by atoms with van der Waals surface area (Å²) in [5.74, 6) is -9.03. The molecule has 2 heterocycles. The number of carboxylic acid groups (broad SMARTS) is 2. The first-order chi connectivity index (χ1) is 25.6. The van der Waals surface area contributed by atoms with Gasteiger partial charge in [0.05, 0.1) is 24.2 Å². The van der Waals surface area contributed by atoms with Crippen LogP contribution in [0, 0.1) is 6.92 Å². The van der Waals surface area contributed by atoms with E-state index in [0.29, 0.717) is 23.5 Å². The van der Waals surface area contributed by atoms with Gasteiger partial charge in [-0.15, -0.1) is 5.06 Å². The molecule has 1 saturated heterocycles.